The van der Waals surface area contributed by atoms with Crippen molar-refractivity contribution in [3.05, 3.63) is 88.0 Å². The average molecular weight is 358 g/mol. The van der Waals surface area contributed by atoms with Crippen LogP contribution in [0.2, 0.25) is 0 Å². The first-order valence-electron chi connectivity index (χ1n) is 9.14. The normalized spacial score (nSPS) is 11.4. The molecule has 5 heteroatoms. The van der Waals surface area contributed by atoms with Crippen LogP contribution >= 0.6 is 0 Å². The highest BCUT2D eigenvalue weighted by molar-refractivity contribution is 5.82. The van der Waals surface area contributed by atoms with Crippen molar-refractivity contribution >= 4 is 10.9 Å². The minimum Gasteiger partial charge on any atom is -0.265 e. The highest BCUT2D eigenvalue weighted by atomic mass is 16.1. The van der Waals surface area contributed by atoms with E-state index in [1.54, 1.807) is 15.6 Å². The lowest BCUT2D eigenvalue weighted by Gasteiger charge is -2.12. The van der Waals surface area contributed by atoms with Gasteiger partial charge in [-0.1, -0.05) is 61.9 Å². The molecule has 27 heavy (non-hydrogen) atoms. The largest absolute Gasteiger partial charge is 0.293 e. The van der Waals surface area contributed by atoms with Crippen LogP contribution in [0.25, 0.3) is 16.6 Å². The smallest absolute Gasteiger partial charge is 0.265 e. The lowest BCUT2D eigenvalue weighted by molar-refractivity contribution is 0.612. The third-order valence-corrected chi connectivity index (χ3v) is 4.71. The monoisotopic (exact) mass is 358 g/mol. The van der Waals surface area contributed by atoms with Gasteiger partial charge in [0.2, 0.25) is 0 Å². The van der Waals surface area contributed by atoms with Crippen LogP contribution in [0.1, 0.15) is 36.6 Å². The lowest BCUT2D eigenvalue weighted by Crippen LogP contribution is -2.27. The van der Waals surface area contributed by atoms with Gasteiger partial charge in [-0.3, -0.25) is 4.79 Å². The minimum absolute atomic E-state index is 0.128. The lowest BCUT2D eigenvalue weighted by atomic mass is 10.1. The molecule has 4 aromatic rings. The van der Waals surface area contributed by atoms with Crippen molar-refractivity contribution in [2.24, 2.45) is 0 Å². The van der Waals surface area contributed by atoms with E-state index < -0.39 is 0 Å². The van der Waals surface area contributed by atoms with Crippen LogP contribution in [0.3, 0.4) is 0 Å². The standard InChI is InChI=1S/C22H22N4O/c1-15(2)20-19-13-23-26(18-7-5-4-6-8-18)21(19)22(27)25(24-20)14-17-11-9-16(3)10-12-17/h4-13,15H,14H2,1-3H3. The van der Waals surface area contributed by atoms with Gasteiger partial charge in [0.15, 0.2) is 0 Å². The topological polar surface area (TPSA) is 52.7 Å². The summed E-state index contributed by atoms with van der Waals surface area (Å²) in [6.45, 7) is 6.66. The molecule has 4 rings (SSSR count). The van der Waals surface area contributed by atoms with Crippen LogP contribution in [0.5, 0.6) is 0 Å². The van der Waals surface area contributed by atoms with Gasteiger partial charge < -0.3 is 0 Å². The summed E-state index contributed by atoms with van der Waals surface area (Å²) >= 11 is 0. The van der Waals surface area contributed by atoms with Gasteiger partial charge in [-0.25, -0.2) is 9.36 Å². The molecule has 0 fully saturated rings. The second-order valence-corrected chi connectivity index (χ2v) is 7.14. The van der Waals surface area contributed by atoms with E-state index in [-0.39, 0.29) is 11.5 Å². The second kappa shape index (κ2) is 6.83. The molecule has 2 aromatic carbocycles. The fourth-order valence-corrected chi connectivity index (χ4v) is 3.26. The first kappa shape index (κ1) is 17.2. The Balaban J connectivity index is 1.93. The predicted octanol–water partition coefficient (Wildman–Crippen LogP) is 4.06. The molecule has 0 aliphatic heterocycles. The Kier molecular flexibility index (Phi) is 4.36. The highest BCUT2D eigenvalue weighted by Crippen LogP contribution is 2.23. The van der Waals surface area contributed by atoms with Crippen molar-refractivity contribution in [2.45, 2.75) is 33.2 Å². The van der Waals surface area contributed by atoms with Crippen LogP contribution in [0.4, 0.5) is 0 Å². The molecule has 2 heterocycles. The van der Waals surface area contributed by atoms with Crippen molar-refractivity contribution in [1.82, 2.24) is 19.6 Å². The molecule has 0 aliphatic rings. The van der Waals surface area contributed by atoms with E-state index in [4.69, 9.17) is 0 Å². The summed E-state index contributed by atoms with van der Waals surface area (Å²) in [6, 6.07) is 17.9. The molecule has 0 unspecified atom stereocenters. The van der Waals surface area contributed by atoms with E-state index in [2.05, 4.69) is 43.1 Å². The van der Waals surface area contributed by atoms with Crippen LogP contribution in [-0.4, -0.2) is 19.6 Å². The van der Waals surface area contributed by atoms with Crippen molar-refractivity contribution < 1.29 is 0 Å². The van der Waals surface area contributed by atoms with Gasteiger partial charge in [-0.05, 0) is 30.5 Å². The predicted molar refractivity (Wildman–Crippen MR) is 107 cm³/mol. The summed E-state index contributed by atoms with van der Waals surface area (Å²) in [4.78, 5) is 13.3. The van der Waals surface area contributed by atoms with Gasteiger partial charge in [-0.15, -0.1) is 0 Å². The molecule has 0 spiro atoms. The van der Waals surface area contributed by atoms with Gasteiger partial charge in [0.05, 0.1) is 24.1 Å². The molecular weight excluding hydrogens is 336 g/mol. The number of para-hydroxylation sites is 1. The molecule has 0 atom stereocenters. The summed E-state index contributed by atoms with van der Waals surface area (Å²) in [5, 5.41) is 9.99. The molecule has 2 aromatic heterocycles. The maximum absolute atomic E-state index is 13.3. The van der Waals surface area contributed by atoms with E-state index in [0.717, 1.165) is 22.3 Å². The van der Waals surface area contributed by atoms with Crippen molar-refractivity contribution in [1.29, 1.82) is 0 Å². The number of rotatable bonds is 4. The molecule has 0 amide bonds. The number of nitrogens with zero attached hydrogens (tertiary/aromatic N) is 4. The van der Waals surface area contributed by atoms with E-state index in [9.17, 15) is 4.79 Å². The van der Waals surface area contributed by atoms with Crippen molar-refractivity contribution in [3.63, 3.8) is 0 Å². The number of hydrogen-bond donors (Lipinski definition) is 0. The molecule has 0 saturated carbocycles. The molecule has 0 N–H and O–H groups in total. The quantitative estimate of drug-likeness (QED) is 0.553. The Bertz CT molecular complexity index is 1140. The number of benzene rings is 2. The Morgan fingerprint density at radius 3 is 2.37 bits per heavy atom. The van der Waals surface area contributed by atoms with E-state index in [1.165, 1.54) is 5.56 Å². The van der Waals surface area contributed by atoms with Crippen LogP contribution in [-0.2, 0) is 6.54 Å². The second-order valence-electron chi connectivity index (χ2n) is 7.14. The zero-order valence-corrected chi connectivity index (χ0v) is 15.8. The number of aryl methyl sites for hydroxylation is 1. The van der Waals surface area contributed by atoms with E-state index in [1.807, 2.05) is 42.5 Å². The SMILES string of the molecule is Cc1ccc(Cn2nc(C(C)C)c3cnn(-c4ccccc4)c3c2=O)cc1. The highest BCUT2D eigenvalue weighted by Gasteiger charge is 2.18. The van der Waals surface area contributed by atoms with Crippen LogP contribution < -0.4 is 5.56 Å². The fraction of sp³-hybridized carbons (Fsp3) is 0.227. The van der Waals surface area contributed by atoms with Gasteiger partial charge in [-0.2, -0.15) is 10.2 Å². The van der Waals surface area contributed by atoms with Crippen molar-refractivity contribution in [3.8, 4) is 5.69 Å². The molecule has 5 nitrogen and oxygen atoms in total. The maximum atomic E-state index is 13.3. The molecule has 0 bridgehead atoms. The summed E-state index contributed by atoms with van der Waals surface area (Å²) in [5.74, 6) is 0.186. The van der Waals surface area contributed by atoms with E-state index >= 15 is 0 Å². The summed E-state index contributed by atoms with van der Waals surface area (Å²) in [6.07, 6.45) is 1.75. The average Bonchev–Trinajstić information content (AvgIpc) is 3.11. The third kappa shape index (κ3) is 3.16. The third-order valence-electron chi connectivity index (χ3n) is 4.71. The van der Waals surface area contributed by atoms with Crippen molar-refractivity contribution in [2.75, 3.05) is 0 Å². The number of hydrogen-bond acceptors (Lipinski definition) is 3. The first-order valence-corrected chi connectivity index (χ1v) is 9.14. The van der Waals surface area contributed by atoms with Gasteiger partial charge in [0.25, 0.3) is 5.56 Å². The molecular formula is C22H22N4O. The summed E-state index contributed by atoms with van der Waals surface area (Å²) in [7, 11) is 0. The van der Waals surface area contributed by atoms with Gasteiger partial charge in [0.1, 0.15) is 5.52 Å². The van der Waals surface area contributed by atoms with Crippen LogP contribution in [0.15, 0.2) is 65.6 Å². The Labute approximate surface area is 157 Å². The zero-order chi connectivity index (χ0) is 19.0. The molecule has 0 aliphatic carbocycles. The molecule has 136 valence electrons. The minimum atomic E-state index is -0.128. The van der Waals surface area contributed by atoms with Crippen LogP contribution in [0, 0.1) is 6.92 Å². The summed E-state index contributed by atoms with van der Waals surface area (Å²) < 4.78 is 3.28. The Morgan fingerprint density at radius 1 is 1.00 bits per heavy atom. The maximum Gasteiger partial charge on any atom is 0.293 e. The number of fused-ring (bicyclic) bond motifs is 1. The Hall–Kier alpha value is -3.21. The zero-order valence-electron chi connectivity index (χ0n) is 15.8. The fourth-order valence-electron chi connectivity index (χ4n) is 3.26. The number of aromatic nitrogens is 4. The summed E-state index contributed by atoms with van der Waals surface area (Å²) in [5.41, 5.74) is 4.45. The molecule has 0 saturated heterocycles. The first-order chi connectivity index (χ1) is 13.0. The Morgan fingerprint density at radius 2 is 1.70 bits per heavy atom. The van der Waals surface area contributed by atoms with E-state index in [0.29, 0.717) is 12.1 Å². The molecule has 0 radical (unpaired) electrons. The van der Waals surface area contributed by atoms with Gasteiger partial charge in [0, 0.05) is 5.39 Å². The van der Waals surface area contributed by atoms with Gasteiger partial charge >= 0.3 is 0 Å².